The quantitative estimate of drug-likeness (QED) is 0.714. The number of nitrogens with zero attached hydrogens (tertiary/aromatic N) is 1. The predicted molar refractivity (Wildman–Crippen MR) is 52.4 cm³/mol. The number of nitrogens with two attached hydrogens (primary N) is 2. The van der Waals surface area contributed by atoms with Gasteiger partial charge in [-0.3, -0.25) is 9.78 Å². The largest absolute Gasteiger partial charge is 0.368 e. The molecular formula is C8H12ClN3O. The second-order valence-electron chi connectivity index (χ2n) is 2.53. The van der Waals surface area contributed by atoms with Gasteiger partial charge in [0.1, 0.15) is 0 Å². The van der Waals surface area contributed by atoms with Gasteiger partial charge >= 0.3 is 0 Å². The molecule has 0 saturated carbocycles. The molecule has 1 unspecified atom stereocenters. The van der Waals surface area contributed by atoms with E-state index in [1.54, 1.807) is 12.3 Å². The minimum atomic E-state index is -0.639. The van der Waals surface area contributed by atoms with E-state index < -0.39 is 11.9 Å². The van der Waals surface area contributed by atoms with Crippen LogP contribution in [0.2, 0.25) is 0 Å². The van der Waals surface area contributed by atoms with Gasteiger partial charge in [0.15, 0.2) is 0 Å². The van der Waals surface area contributed by atoms with Gasteiger partial charge in [-0.1, -0.05) is 6.07 Å². The zero-order valence-electron chi connectivity index (χ0n) is 7.01. The second-order valence-corrected chi connectivity index (χ2v) is 2.53. The summed E-state index contributed by atoms with van der Waals surface area (Å²) in [6.07, 6.45) is 2.05. The second kappa shape index (κ2) is 5.50. The Morgan fingerprint density at radius 1 is 1.54 bits per heavy atom. The van der Waals surface area contributed by atoms with E-state index in [0.29, 0.717) is 6.42 Å². The molecule has 1 atom stereocenters. The lowest BCUT2D eigenvalue weighted by Crippen LogP contribution is -2.38. The number of carbonyl (C=O) groups is 1. The molecule has 0 aliphatic carbocycles. The van der Waals surface area contributed by atoms with Crippen LogP contribution in [0.1, 0.15) is 5.69 Å². The summed E-state index contributed by atoms with van der Waals surface area (Å²) in [5.74, 6) is -0.499. The third-order valence-corrected chi connectivity index (χ3v) is 1.52. The van der Waals surface area contributed by atoms with Gasteiger partial charge in [-0.25, -0.2) is 0 Å². The van der Waals surface area contributed by atoms with E-state index in [4.69, 9.17) is 11.5 Å². The topological polar surface area (TPSA) is 82.0 Å². The molecule has 1 amide bonds. The molecule has 1 heterocycles. The lowest BCUT2D eigenvalue weighted by atomic mass is 10.1. The van der Waals surface area contributed by atoms with Gasteiger partial charge in [0.05, 0.1) is 6.04 Å². The van der Waals surface area contributed by atoms with Gasteiger partial charge < -0.3 is 11.5 Å². The normalized spacial score (nSPS) is 11.5. The Kier molecular flexibility index (Phi) is 5.03. The molecule has 0 radical (unpaired) electrons. The molecule has 0 spiro atoms. The standard InChI is InChI=1S/C8H11N3O.ClH/c9-7(8(10)12)5-6-3-1-2-4-11-6;/h1-4,7H,5,9H2,(H2,10,12);1H. The molecule has 1 aromatic rings. The Bertz CT molecular complexity index is 265. The van der Waals surface area contributed by atoms with Gasteiger partial charge in [-0.15, -0.1) is 12.4 Å². The molecule has 13 heavy (non-hydrogen) atoms. The number of hydrogen-bond acceptors (Lipinski definition) is 3. The molecule has 5 heteroatoms. The monoisotopic (exact) mass is 201 g/mol. The van der Waals surface area contributed by atoms with Crippen molar-refractivity contribution in [1.82, 2.24) is 4.98 Å². The lowest BCUT2D eigenvalue weighted by molar-refractivity contribution is -0.119. The van der Waals surface area contributed by atoms with E-state index in [1.165, 1.54) is 0 Å². The van der Waals surface area contributed by atoms with Crippen LogP contribution in [0, 0.1) is 0 Å². The fourth-order valence-corrected chi connectivity index (χ4v) is 0.845. The zero-order valence-corrected chi connectivity index (χ0v) is 7.83. The van der Waals surface area contributed by atoms with Crippen molar-refractivity contribution in [2.45, 2.75) is 12.5 Å². The molecule has 0 aromatic carbocycles. The van der Waals surface area contributed by atoms with Crippen LogP contribution in [0.4, 0.5) is 0 Å². The Hall–Kier alpha value is -1.13. The first kappa shape index (κ1) is 11.9. The van der Waals surface area contributed by atoms with E-state index in [1.807, 2.05) is 12.1 Å². The number of carbonyl (C=O) groups excluding carboxylic acids is 1. The Labute approximate surface area is 82.7 Å². The Balaban J connectivity index is 0.00000144. The maximum atomic E-state index is 10.6. The molecule has 0 aliphatic rings. The number of halogens is 1. The van der Waals surface area contributed by atoms with E-state index in [-0.39, 0.29) is 12.4 Å². The van der Waals surface area contributed by atoms with Crippen LogP contribution in [-0.4, -0.2) is 16.9 Å². The number of amides is 1. The van der Waals surface area contributed by atoms with Gasteiger partial charge in [0.25, 0.3) is 0 Å². The minimum absolute atomic E-state index is 0. The molecule has 4 nitrogen and oxygen atoms in total. The summed E-state index contributed by atoms with van der Waals surface area (Å²) >= 11 is 0. The summed E-state index contributed by atoms with van der Waals surface area (Å²) in [6.45, 7) is 0. The van der Waals surface area contributed by atoms with Crippen LogP contribution in [0.15, 0.2) is 24.4 Å². The smallest absolute Gasteiger partial charge is 0.234 e. The fourth-order valence-electron chi connectivity index (χ4n) is 0.845. The van der Waals surface area contributed by atoms with E-state index in [0.717, 1.165) is 5.69 Å². The van der Waals surface area contributed by atoms with Gasteiger partial charge in [0.2, 0.25) is 5.91 Å². The van der Waals surface area contributed by atoms with Crippen molar-refractivity contribution in [1.29, 1.82) is 0 Å². The Morgan fingerprint density at radius 3 is 2.69 bits per heavy atom. The highest BCUT2D eigenvalue weighted by Crippen LogP contribution is 1.96. The molecule has 1 aromatic heterocycles. The summed E-state index contributed by atoms with van der Waals surface area (Å²) in [5.41, 5.74) is 11.2. The molecular weight excluding hydrogens is 190 g/mol. The minimum Gasteiger partial charge on any atom is -0.368 e. The van der Waals surface area contributed by atoms with Crippen molar-refractivity contribution in [3.63, 3.8) is 0 Å². The summed E-state index contributed by atoms with van der Waals surface area (Å²) < 4.78 is 0. The fraction of sp³-hybridized carbons (Fsp3) is 0.250. The Morgan fingerprint density at radius 2 is 2.23 bits per heavy atom. The number of rotatable bonds is 3. The van der Waals surface area contributed by atoms with Crippen LogP contribution in [0.3, 0.4) is 0 Å². The van der Waals surface area contributed by atoms with Crippen molar-refractivity contribution in [3.05, 3.63) is 30.1 Å². The molecule has 1 rings (SSSR count). The van der Waals surface area contributed by atoms with E-state index in [2.05, 4.69) is 4.98 Å². The van der Waals surface area contributed by atoms with Gasteiger partial charge in [-0.2, -0.15) is 0 Å². The maximum Gasteiger partial charge on any atom is 0.234 e. The molecule has 72 valence electrons. The van der Waals surface area contributed by atoms with Gasteiger partial charge in [0, 0.05) is 18.3 Å². The van der Waals surface area contributed by atoms with Gasteiger partial charge in [-0.05, 0) is 12.1 Å². The van der Waals surface area contributed by atoms with Crippen LogP contribution in [0.25, 0.3) is 0 Å². The predicted octanol–water partition coefficient (Wildman–Crippen LogP) is -0.142. The summed E-state index contributed by atoms with van der Waals surface area (Å²) in [7, 11) is 0. The zero-order chi connectivity index (χ0) is 8.97. The number of primary amides is 1. The first-order chi connectivity index (χ1) is 5.70. The van der Waals surface area contributed by atoms with Crippen LogP contribution >= 0.6 is 12.4 Å². The summed E-state index contributed by atoms with van der Waals surface area (Å²) in [6, 6.07) is 4.82. The van der Waals surface area contributed by atoms with E-state index >= 15 is 0 Å². The number of pyridine rings is 1. The van der Waals surface area contributed by atoms with Crippen LogP contribution in [-0.2, 0) is 11.2 Å². The summed E-state index contributed by atoms with van der Waals surface area (Å²) in [4.78, 5) is 14.6. The summed E-state index contributed by atoms with van der Waals surface area (Å²) in [5, 5.41) is 0. The molecule has 0 aliphatic heterocycles. The van der Waals surface area contributed by atoms with Crippen LogP contribution < -0.4 is 11.5 Å². The molecule has 0 fully saturated rings. The highest BCUT2D eigenvalue weighted by atomic mass is 35.5. The SMILES string of the molecule is Cl.NC(=O)C(N)Cc1ccccn1. The van der Waals surface area contributed by atoms with Crippen LogP contribution in [0.5, 0.6) is 0 Å². The first-order valence-corrected chi connectivity index (χ1v) is 3.65. The number of aromatic nitrogens is 1. The highest BCUT2D eigenvalue weighted by molar-refractivity contribution is 5.85. The first-order valence-electron chi connectivity index (χ1n) is 3.65. The third kappa shape index (κ3) is 3.87. The maximum absolute atomic E-state index is 10.6. The number of hydrogen-bond donors (Lipinski definition) is 2. The third-order valence-electron chi connectivity index (χ3n) is 1.52. The molecule has 0 bridgehead atoms. The van der Waals surface area contributed by atoms with Crippen molar-refractivity contribution in [3.8, 4) is 0 Å². The molecule has 0 saturated heterocycles. The molecule has 4 N–H and O–H groups in total. The van der Waals surface area contributed by atoms with Crippen molar-refractivity contribution in [2.75, 3.05) is 0 Å². The van der Waals surface area contributed by atoms with E-state index in [9.17, 15) is 4.79 Å². The van der Waals surface area contributed by atoms with Crippen molar-refractivity contribution >= 4 is 18.3 Å². The van der Waals surface area contributed by atoms with Crippen molar-refractivity contribution < 1.29 is 4.79 Å². The average molecular weight is 202 g/mol. The lowest BCUT2D eigenvalue weighted by Gasteiger charge is -2.05. The average Bonchev–Trinajstić information content (AvgIpc) is 2.06. The highest BCUT2D eigenvalue weighted by Gasteiger charge is 2.09. The van der Waals surface area contributed by atoms with Crippen molar-refractivity contribution in [2.24, 2.45) is 11.5 Å².